The number of aromatic nitrogens is 3. The molecule has 3 aromatic rings. The molecule has 1 N–H and O–H groups in total. The topological polar surface area (TPSA) is 78.2 Å². The van der Waals surface area contributed by atoms with Gasteiger partial charge in [-0.05, 0) is 37.1 Å². The van der Waals surface area contributed by atoms with E-state index in [1.165, 1.54) is 4.68 Å². The third-order valence-corrected chi connectivity index (χ3v) is 4.71. The van der Waals surface area contributed by atoms with Crippen molar-refractivity contribution >= 4 is 11.6 Å². The molecule has 0 radical (unpaired) electrons. The molecule has 7 heteroatoms. The molecule has 28 heavy (non-hydrogen) atoms. The zero-order valence-electron chi connectivity index (χ0n) is 15.5. The average Bonchev–Trinajstić information content (AvgIpc) is 2.86. The number of fused-ring (bicyclic) bond motifs is 1. The summed E-state index contributed by atoms with van der Waals surface area (Å²) in [6.07, 6.45) is 3.86. The maximum absolute atomic E-state index is 12.5. The number of ether oxygens (including phenoxy) is 1. The molecular weight excluding hydrogens is 356 g/mol. The number of anilines is 1. The fourth-order valence-corrected chi connectivity index (χ4v) is 3.33. The summed E-state index contributed by atoms with van der Waals surface area (Å²) in [7, 11) is 0. The minimum Gasteiger partial charge on any atom is -0.455 e. The molecule has 0 unspecified atom stereocenters. The van der Waals surface area contributed by atoms with Gasteiger partial charge in [0, 0.05) is 13.0 Å². The first-order chi connectivity index (χ1) is 13.7. The van der Waals surface area contributed by atoms with Gasteiger partial charge in [-0.15, -0.1) is 0 Å². The number of carbonyl (C=O) groups excluding carboxylic acids is 1. The highest BCUT2D eigenvalue weighted by molar-refractivity contribution is 5.92. The molecule has 2 heterocycles. The predicted molar refractivity (Wildman–Crippen MR) is 106 cm³/mol. The number of hydrogen-bond acceptors (Lipinski definition) is 4. The molecule has 1 aromatic heterocycles. The van der Waals surface area contributed by atoms with Crippen LogP contribution >= 0.6 is 0 Å². The summed E-state index contributed by atoms with van der Waals surface area (Å²) in [6.45, 7) is 0.544. The minimum absolute atomic E-state index is 0.126. The maximum atomic E-state index is 12.5. The Morgan fingerprint density at radius 2 is 1.82 bits per heavy atom. The lowest BCUT2D eigenvalue weighted by atomic mass is 10.2. The van der Waals surface area contributed by atoms with E-state index in [0.717, 1.165) is 31.5 Å². The summed E-state index contributed by atoms with van der Waals surface area (Å²) in [6, 6.07) is 16.6. The van der Waals surface area contributed by atoms with E-state index in [-0.39, 0.29) is 18.1 Å². The Kier molecular flexibility index (Phi) is 5.23. The summed E-state index contributed by atoms with van der Waals surface area (Å²) in [5, 5.41) is 7.18. The second kappa shape index (κ2) is 8.12. The van der Waals surface area contributed by atoms with Crippen LogP contribution in [0, 0.1) is 0 Å². The molecule has 0 aliphatic carbocycles. The van der Waals surface area contributed by atoms with Crippen LogP contribution in [0.15, 0.2) is 59.4 Å². The van der Waals surface area contributed by atoms with E-state index in [9.17, 15) is 9.59 Å². The van der Waals surface area contributed by atoms with E-state index in [2.05, 4.69) is 10.4 Å². The van der Waals surface area contributed by atoms with Crippen LogP contribution in [0.2, 0.25) is 0 Å². The Bertz CT molecular complexity index is 1020. The van der Waals surface area contributed by atoms with Crippen molar-refractivity contribution in [1.82, 2.24) is 14.3 Å². The van der Waals surface area contributed by atoms with E-state index in [1.807, 2.05) is 42.5 Å². The zero-order valence-corrected chi connectivity index (χ0v) is 15.5. The van der Waals surface area contributed by atoms with Crippen molar-refractivity contribution in [2.75, 3.05) is 5.32 Å². The molecule has 0 spiro atoms. The summed E-state index contributed by atoms with van der Waals surface area (Å²) >= 11 is 0. The lowest BCUT2D eigenvalue weighted by molar-refractivity contribution is -0.117. The highest BCUT2D eigenvalue weighted by atomic mass is 16.5. The maximum Gasteiger partial charge on any atom is 0.346 e. The van der Waals surface area contributed by atoms with E-state index in [4.69, 9.17) is 4.74 Å². The van der Waals surface area contributed by atoms with Crippen LogP contribution in [-0.4, -0.2) is 20.3 Å². The zero-order chi connectivity index (χ0) is 19.3. The summed E-state index contributed by atoms with van der Waals surface area (Å²) in [5.74, 6) is 1.66. The number of aryl methyl sites for hydroxylation is 1. The lowest BCUT2D eigenvalue weighted by Crippen LogP contribution is -2.30. The van der Waals surface area contributed by atoms with Crippen molar-refractivity contribution in [3.8, 4) is 11.5 Å². The summed E-state index contributed by atoms with van der Waals surface area (Å²) in [5.41, 5.74) is 0.325. The number of nitrogens with one attached hydrogen (secondary N) is 1. The third kappa shape index (κ3) is 3.98. The average molecular weight is 378 g/mol. The van der Waals surface area contributed by atoms with Gasteiger partial charge in [-0.1, -0.05) is 36.8 Å². The van der Waals surface area contributed by atoms with Gasteiger partial charge < -0.3 is 10.1 Å². The van der Waals surface area contributed by atoms with Crippen LogP contribution in [0.3, 0.4) is 0 Å². The minimum atomic E-state index is -0.320. The van der Waals surface area contributed by atoms with Gasteiger partial charge >= 0.3 is 5.69 Å². The van der Waals surface area contributed by atoms with Crippen LogP contribution in [0.4, 0.5) is 5.69 Å². The number of nitrogens with zero attached hydrogens (tertiary/aromatic N) is 3. The van der Waals surface area contributed by atoms with Crippen LogP contribution in [0.5, 0.6) is 11.5 Å². The standard InChI is InChI=1S/C21H22N4O3/c26-20(15-25-21(27)24-14-8-2-5-13-19(24)23-25)22-17-11-6-7-12-18(17)28-16-9-3-1-4-10-16/h1,3-4,6-7,9-12H,2,5,8,13-15H2,(H,22,26). The number of rotatable bonds is 5. The highest BCUT2D eigenvalue weighted by Gasteiger charge is 2.18. The SMILES string of the molecule is O=C(Cn1nc2n(c1=O)CCCCC2)Nc1ccccc1Oc1ccccc1. The molecule has 144 valence electrons. The quantitative estimate of drug-likeness (QED) is 0.740. The Balaban J connectivity index is 1.48. The van der Waals surface area contributed by atoms with Gasteiger partial charge in [-0.2, -0.15) is 5.10 Å². The molecule has 4 rings (SSSR count). The van der Waals surface area contributed by atoms with Crippen LogP contribution in [-0.2, 0) is 24.3 Å². The Morgan fingerprint density at radius 1 is 1.04 bits per heavy atom. The van der Waals surface area contributed by atoms with Crippen molar-refractivity contribution < 1.29 is 9.53 Å². The lowest BCUT2D eigenvalue weighted by Gasteiger charge is -2.12. The molecule has 1 amide bonds. The van der Waals surface area contributed by atoms with Gasteiger partial charge in [0.2, 0.25) is 5.91 Å². The van der Waals surface area contributed by atoms with Crippen LogP contribution < -0.4 is 15.7 Å². The second-order valence-corrected chi connectivity index (χ2v) is 6.78. The molecule has 0 bridgehead atoms. The van der Waals surface area contributed by atoms with Crippen molar-refractivity contribution in [3.05, 3.63) is 70.9 Å². The molecule has 0 atom stereocenters. The second-order valence-electron chi connectivity index (χ2n) is 6.78. The van der Waals surface area contributed by atoms with Gasteiger partial charge in [-0.3, -0.25) is 9.36 Å². The molecule has 7 nitrogen and oxygen atoms in total. The Hall–Kier alpha value is -3.35. The first kappa shape index (κ1) is 18.0. The first-order valence-electron chi connectivity index (χ1n) is 9.49. The molecule has 1 aliphatic heterocycles. The Labute approximate surface area is 162 Å². The normalized spacial score (nSPS) is 13.4. The fourth-order valence-electron chi connectivity index (χ4n) is 3.33. The number of amides is 1. The van der Waals surface area contributed by atoms with Crippen molar-refractivity contribution in [3.63, 3.8) is 0 Å². The van der Waals surface area contributed by atoms with E-state index in [1.54, 1.807) is 16.7 Å². The predicted octanol–water partition coefficient (Wildman–Crippen LogP) is 3.20. The summed E-state index contributed by atoms with van der Waals surface area (Å²) < 4.78 is 8.80. The molecule has 1 aliphatic rings. The van der Waals surface area contributed by atoms with Gasteiger partial charge in [0.25, 0.3) is 0 Å². The van der Waals surface area contributed by atoms with Crippen LogP contribution in [0.25, 0.3) is 0 Å². The first-order valence-corrected chi connectivity index (χ1v) is 9.49. The fraction of sp³-hybridized carbons (Fsp3) is 0.286. The molecule has 0 saturated heterocycles. The summed E-state index contributed by atoms with van der Waals surface area (Å²) in [4.78, 5) is 25.1. The Morgan fingerprint density at radius 3 is 2.68 bits per heavy atom. The van der Waals surface area contributed by atoms with Gasteiger partial charge in [-0.25, -0.2) is 9.48 Å². The molecule has 0 saturated carbocycles. The van der Waals surface area contributed by atoms with Crippen molar-refractivity contribution in [1.29, 1.82) is 0 Å². The number of para-hydroxylation sites is 3. The third-order valence-electron chi connectivity index (χ3n) is 4.71. The largest absolute Gasteiger partial charge is 0.455 e. The number of carbonyl (C=O) groups is 1. The molecule has 2 aromatic carbocycles. The van der Waals surface area contributed by atoms with Crippen molar-refractivity contribution in [2.24, 2.45) is 0 Å². The number of benzene rings is 2. The van der Waals surface area contributed by atoms with Crippen LogP contribution in [0.1, 0.15) is 25.1 Å². The van der Waals surface area contributed by atoms with E-state index >= 15 is 0 Å². The van der Waals surface area contributed by atoms with Gasteiger partial charge in [0.05, 0.1) is 5.69 Å². The van der Waals surface area contributed by atoms with Crippen molar-refractivity contribution in [2.45, 2.75) is 38.8 Å². The van der Waals surface area contributed by atoms with E-state index < -0.39 is 0 Å². The van der Waals surface area contributed by atoms with E-state index in [0.29, 0.717) is 23.7 Å². The monoisotopic (exact) mass is 378 g/mol. The smallest absolute Gasteiger partial charge is 0.346 e. The van der Waals surface area contributed by atoms with Gasteiger partial charge in [0.15, 0.2) is 5.75 Å². The highest BCUT2D eigenvalue weighted by Crippen LogP contribution is 2.29. The molecule has 0 fully saturated rings. The molecular formula is C21H22N4O3. The number of hydrogen-bond donors (Lipinski definition) is 1. The van der Waals surface area contributed by atoms with Gasteiger partial charge in [0.1, 0.15) is 18.1 Å².